The molecule has 6 rings (SSSR count). The lowest BCUT2D eigenvalue weighted by atomic mass is 10.1. The lowest BCUT2D eigenvalue weighted by Gasteiger charge is -2.13. The minimum atomic E-state index is 0.409. The zero-order chi connectivity index (χ0) is 31.1. The summed E-state index contributed by atoms with van der Waals surface area (Å²) in [4.78, 5) is 22.3. The Morgan fingerprint density at radius 3 is 2.05 bits per heavy atom. The van der Waals surface area contributed by atoms with Gasteiger partial charge in [0.25, 0.3) is 5.52 Å². The van der Waals surface area contributed by atoms with Crippen molar-refractivity contribution < 1.29 is 23.5 Å². The number of hydrogen-bond donors (Lipinski definition) is 0. The molecule has 9 heteroatoms. The number of hydrogen-bond acceptors (Lipinski definition) is 6. The lowest BCUT2D eigenvalue weighted by Crippen LogP contribution is -2.22. The van der Waals surface area contributed by atoms with Gasteiger partial charge in [0.2, 0.25) is 6.20 Å². The van der Waals surface area contributed by atoms with Crippen LogP contribution in [-0.4, -0.2) is 23.9 Å². The first-order valence-electron chi connectivity index (χ1n) is 14.0. The van der Waals surface area contributed by atoms with Crippen molar-refractivity contribution in [2.24, 2.45) is 0 Å². The Hall–Kier alpha value is -5.08. The van der Waals surface area contributed by atoms with Crippen LogP contribution < -0.4 is 23.5 Å². The fourth-order valence-electron chi connectivity index (χ4n) is 4.88. The van der Waals surface area contributed by atoms with Crippen molar-refractivity contribution in [2.45, 2.75) is 27.1 Å². The maximum atomic E-state index is 12.1. The molecule has 2 aromatic heterocycles. The second kappa shape index (κ2) is 13.9. The lowest BCUT2D eigenvalue weighted by molar-refractivity contribution is -0.465. The molecule has 0 spiro atoms. The summed E-state index contributed by atoms with van der Waals surface area (Å²) in [6, 6.07) is 29.2. The van der Waals surface area contributed by atoms with Crippen molar-refractivity contribution in [3.05, 3.63) is 136 Å². The number of aromatic nitrogens is 3. The smallest absolute Gasteiger partial charge is 0.296 e. The van der Waals surface area contributed by atoms with Crippen LogP contribution in [0.3, 0.4) is 0 Å². The van der Waals surface area contributed by atoms with Crippen LogP contribution in [0.1, 0.15) is 22.3 Å². The van der Waals surface area contributed by atoms with Gasteiger partial charge in [0.05, 0.1) is 29.7 Å². The predicted octanol–water partition coefficient (Wildman–Crippen LogP) is 7.29. The maximum Gasteiger partial charge on any atom is 0.296 e. The highest BCUT2D eigenvalue weighted by Crippen LogP contribution is 2.34. The zero-order valence-corrected chi connectivity index (χ0v) is 25.7. The third kappa shape index (κ3) is 6.76. The number of nitrogens with zero attached hydrogens (tertiary/aromatic N) is 3. The Labute approximate surface area is 260 Å². The minimum absolute atomic E-state index is 0.409. The summed E-state index contributed by atoms with van der Waals surface area (Å²) in [6.45, 7) is 4.73. The molecule has 0 aliphatic heterocycles. The molecule has 0 unspecified atom stereocenters. The molecule has 4 aromatic carbocycles. The molecule has 0 saturated heterocycles. The maximum absolute atomic E-state index is 12.1. The van der Waals surface area contributed by atoms with Gasteiger partial charge in [-0.15, -0.1) is 0 Å². The van der Waals surface area contributed by atoms with Gasteiger partial charge in [0.15, 0.2) is 5.52 Å². The van der Waals surface area contributed by atoms with Crippen LogP contribution in [0.15, 0.2) is 103 Å². The third-order valence-corrected chi connectivity index (χ3v) is 7.35. The number of fused-ring (bicyclic) bond motifs is 2. The topological polar surface area (TPSA) is 77.7 Å². The third-order valence-electron chi connectivity index (χ3n) is 7.16. The van der Waals surface area contributed by atoms with Crippen LogP contribution in [0.25, 0.3) is 21.9 Å². The molecule has 8 nitrogen and oxygen atoms in total. The molecule has 0 bridgehead atoms. The van der Waals surface area contributed by atoms with E-state index in [1.165, 1.54) is 6.20 Å². The second-order valence-electron chi connectivity index (χ2n) is 9.98. The Morgan fingerprint density at radius 1 is 0.773 bits per heavy atom. The van der Waals surface area contributed by atoms with Crippen LogP contribution in [-0.2, 0) is 13.2 Å². The molecule has 6 aromatic rings. The van der Waals surface area contributed by atoms with Gasteiger partial charge < -0.3 is 19.0 Å². The standard InChI is InChI=1S/C18H16ClNO2.C17H17N2O3/c1-12-15(21-2)9-8-14-16(10-17(19)20-18(12)14)22-11-13-6-4-3-5-7-13;1-13-16(21-2)9-8-15-17(13)18(20)10-11-19(15)22-12-14-6-4-3-5-7-14/h3-10H,11H2,1-2H3;3-11H,12H2,1-2H3/q;+1. The Balaban J connectivity index is 0.000000175. The van der Waals surface area contributed by atoms with Crippen LogP contribution in [0.4, 0.5) is 0 Å². The number of halogens is 1. The number of aryl methyl sites for hydroxylation is 2. The molecule has 0 radical (unpaired) electrons. The van der Waals surface area contributed by atoms with E-state index in [1.54, 1.807) is 31.2 Å². The van der Waals surface area contributed by atoms with Gasteiger partial charge in [0, 0.05) is 21.9 Å². The molecule has 0 aliphatic carbocycles. The molecule has 0 N–H and O–H groups in total. The van der Waals surface area contributed by atoms with Gasteiger partial charge in [-0.3, -0.25) is 0 Å². The fraction of sp³-hybridized carbons (Fsp3) is 0.171. The normalized spacial score (nSPS) is 10.7. The Kier molecular flexibility index (Phi) is 9.62. The average molecular weight is 611 g/mol. The van der Waals surface area contributed by atoms with E-state index in [-0.39, 0.29) is 0 Å². The molecule has 2 heterocycles. The zero-order valence-electron chi connectivity index (χ0n) is 25.0. The van der Waals surface area contributed by atoms with Crippen LogP contribution in [0, 0.1) is 18.8 Å². The number of pyridine rings is 1. The molecular formula is C35H33ClN3O5+. The molecule has 0 aliphatic rings. The summed E-state index contributed by atoms with van der Waals surface area (Å²) >= 11 is 6.14. The minimum Gasteiger partial charge on any atom is -0.496 e. The highest BCUT2D eigenvalue weighted by molar-refractivity contribution is 6.30. The van der Waals surface area contributed by atoms with Gasteiger partial charge in [0.1, 0.15) is 41.8 Å². The molecule has 0 atom stereocenters. The molecule has 224 valence electrons. The van der Waals surface area contributed by atoms with E-state index >= 15 is 0 Å². The van der Waals surface area contributed by atoms with E-state index in [0.29, 0.717) is 35.1 Å². The summed E-state index contributed by atoms with van der Waals surface area (Å²) < 4.78 is 19.0. The van der Waals surface area contributed by atoms with Gasteiger partial charge in [-0.05, 0) is 49.2 Å². The summed E-state index contributed by atoms with van der Waals surface area (Å²) in [6.07, 6.45) is 3.05. The van der Waals surface area contributed by atoms with E-state index in [1.807, 2.05) is 98.8 Å². The fourth-order valence-corrected chi connectivity index (χ4v) is 5.06. The first-order chi connectivity index (χ1) is 21.4. The van der Waals surface area contributed by atoms with E-state index < -0.39 is 0 Å². The van der Waals surface area contributed by atoms with Crippen LogP contribution in [0.5, 0.6) is 17.2 Å². The predicted molar refractivity (Wildman–Crippen MR) is 172 cm³/mol. The van der Waals surface area contributed by atoms with Crippen molar-refractivity contribution in [2.75, 3.05) is 14.2 Å². The molecule has 0 amide bonds. The monoisotopic (exact) mass is 610 g/mol. The quantitative estimate of drug-likeness (QED) is 0.133. The Morgan fingerprint density at radius 2 is 1.39 bits per heavy atom. The average Bonchev–Trinajstić information content (AvgIpc) is 3.05. The summed E-state index contributed by atoms with van der Waals surface area (Å²) in [5.41, 5.74) is 5.94. The largest absolute Gasteiger partial charge is 0.496 e. The first kappa shape index (κ1) is 30.4. The molecule has 0 saturated carbocycles. The SMILES string of the molecule is COc1ccc2c(OCc3ccccc3)cc(Cl)nc2c1C.COc1ccc2c(c1C)[n+](=O)ccn2OCc1ccccc1. The molecule has 0 fully saturated rings. The molecular weight excluding hydrogens is 578 g/mol. The number of methoxy groups -OCH3 is 2. The number of benzene rings is 4. The van der Waals surface area contributed by atoms with E-state index in [2.05, 4.69) is 4.98 Å². The Bertz CT molecular complexity index is 1950. The first-order valence-corrected chi connectivity index (χ1v) is 14.4. The summed E-state index contributed by atoms with van der Waals surface area (Å²) in [7, 11) is 3.23. The summed E-state index contributed by atoms with van der Waals surface area (Å²) in [5.74, 6) is 2.19. The highest BCUT2D eigenvalue weighted by atomic mass is 35.5. The van der Waals surface area contributed by atoms with Crippen molar-refractivity contribution in [1.82, 2.24) is 9.71 Å². The number of ether oxygens (including phenoxy) is 3. The van der Waals surface area contributed by atoms with Gasteiger partial charge in [-0.25, -0.2) is 4.98 Å². The summed E-state index contributed by atoms with van der Waals surface area (Å²) in [5, 5.41) is 1.34. The van der Waals surface area contributed by atoms with Crippen LogP contribution >= 0.6 is 11.6 Å². The van der Waals surface area contributed by atoms with Gasteiger partial charge in [-0.1, -0.05) is 72.3 Å². The van der Waals surface area contributed by atoms with Gasteiger partial charge >= 0.3 is 0 Å². The van der Waals surface area contributed by atoms with Gasteiger partial charge in [-0.2, -0.15) is 4.73 Å². The van der Waals surface area contributed by atoms with Crippen LogP contribution in [0.2, 0.25) is 5.15 Å². The van der Waals surface area contributed by atoms with Crippen molar-refractivity contribution in [1.29, 1.82) is 0 Å². The molecule has 44 heavy (non-hydrogen) atoms. The van der Waals surface area contributed by atoms with Crippen molar-refractivity contribution >= 4 is 33.5 Å². The highest BCUT2D eigenvalue weighted by Gasteiger charge is 2.17. The van der Waals surface area contributed by atoms with E-state index in [9.17, 15) is 4.91 Å². The number of rotatable bonds is 8. The van der Waals surface area contributed by atoms with Crippen molar-refractivity contribution in [3.8, 4) is 17.2 Å². The second-order valence-corrected chi connectivity index (χ2v) is 10.4. The van der Waals surface area contributed by atoms with E-state index in [4.69, 9.17) is 30.6 Å². The van der Waals surface area contributed by atoms with Crippen molar-refractivity contribution in [3.63, 3.8) is 0 Å². The van der Waals surface area contributed by atoms with E-state index in [0.717, 1.165) is 49.1 Å².